The number of hydrogen-bond donors (Lipinski definition) is 2. The zero-order chi connectivity index (χ0) is 29.2. The Hall–Kier alpha value is -4.18. The highest BCUT2D eigenvalue weighted by Gasteiger charge is 2.54. The Kier molecular flexibility index (Phi) is 6.29. The van der Waals surface area contributed by atoms with Crippen molar-refractivity contribution < 1.29 is 49.4 Å². The van der Waals surface area contributed by atoms with Crippen molar-refractivity contribution >= 4 is 23.1 Å². The lowest BCUT2D eigenvalue weighted by molar-refractivity contribution is -0.274. The zero-order valence-corrected chi connectivity index (χ0v) is 20.0. The van der Waals surface area contributed by atoms with Gasteiger partial charge in [-0.05, 0) is 37.1 Å². The number of fused-ring (bicyclic) bond motifs is 1. The largest absolute Gasteiger partial charge is 0.573 e. The van der Waals surface area contributed by atoms with E-state index in [4.69, 9.17) is 5.73 Å². The number of nitrogens with two attached hydrogens (primary N) is 1. The fourth-order valence-corrected chi connectivity index (χ4v) is 4.49. The number of likely N-dealkylation sites (tertiary alicyclic amines) is 1. The molecule has 0 radical (unpaired) electrons. The number of benzene rings is 1. The van der Waals surface area contributed by atoms with Gasteiger partial charge in [0.2, 0.25) is 0 Å². The Bertz CT molecular complexity index is 1500. The standard InChI is InChI=1S/C23H18F8N6O3/c24-13-7-36(20(39)21(25)3-4-21)8-14(13)35-19(38)11-5-10(1-2-16(11)40-23(29,30)31)15-6-12(22(26,27)28)17-18(32)33-9-34-37(15)17/h1-2,5-6,9,13-14H,3-4,7-8H2,(H,35,38)(H2,32,33,34)/t13-,14+/m0/s1. The molecule has 0 unspecified atom stereocenters. The molecule has 1 aromatic carbocycles. The maximum atomic E-state index is 14.6. The minimum absolute atomic E-state index is 0.0255. The summed E-state index contributed by atoms with van der Waals surface area (Å²) in [6.07, 6.45) is -11.2. The summed E-state index contributed by atoms with van der Waals surface area (Å²) < 4.78 is 114. The van der Waals surface area contributed by atoms with Crippen molar-refractivity contribution in [2.45, 2.75) is 43.3 Å². The number of nitrogens with one attached hydrogen (secondary N) is 1. The number of hydrogen-bond acceptors (Lipinski definition) is 6. The number of carbonyl (C=O) groups is 2. The van der Waals surface area contributed by atoms with Gasteiger partial charge in [-0.25, -0.2) is 18.3 Å². The van der Waals surface area contributed by atoms with E-state index in [-0.39, 0.29) is 24.1 Å². The summed E-state index contributed by atoms with van der Waals surface area (Å²) in [6, 6.07) is 1.70. The predicted octanol–water partition coefficient (Wildman–Crippen LogP) is 3.68. The summed E-state index contributed by atoms with van der Waals surface area (Å²) in [4.78, 5) is 29.7. The number of rotatable bonds is 5. The van der Waals surface area contributed by atoms with Crippen molar-refractivity contribution in [1.82, 2.24) is 24.8 Å². The molecule has 17 heteroatoms. The van der Waals surface area contributed by atoms with Crippen LogP contribution in [0.2, 0.25) is 0 Å². The Balaban J connectivity index is 1.51. The molecule has 1 saturated carbocycles. The highest BCUT2D eigenvalue weighted by atomic mass is 19.4. The highest BCUT2D eigenvalue weighted by molar-refractivity contribution is 5.99. The minimum atomic E-state index is -5.26. The van der Waals surface area contributed by atoms with Gasteiger partial charge in [0, 0.05) is 12.1 Å². The van der Waals surface area contributed by atoms with E-state index >= 15 is 0 Å². The molecular weight excluding hydrogens is 560 g/mol. The second-order valence-corrected chi connectivity index (χ2v) is 9.38. The van der Waals surface area contributed by atoms with Crippen LogP contribution in [-0.2, 0) is 11.0 Å². The molecule has 1 saturated heterocycles. The van der Waals surface area contributed by atoms with Gasteiger partial charge in [-0.15, -0.1) is 13.2 Å². The average Bonchev–Trinajstić information content (AvgIpc) is 3.31. The number of nitrogens with zero attached hydrogens (tertiary/aromatic N) is 4. The van der Waals surface area contributed by atoms with E-state index < -0.39 is 83.5 Å². The van der Waals surface area contributed by atoms with Crippen LogP contribution in [0.15, 0.2) is 30.6 Å². The predicted molar refractivity (Wildman–Crippen MR) is 120 cm³/mol. The van der Waals surface area contributed by atoms with Crippen molar-refractivity contribution in [2.24, 2.45) is 0 Å². The molecule has 1 aliphatic carbocycles. The van der Waals surface area contributed by atoms with Crippen LogP contribution in [0.5, 0.6) is 5.75 Å². The quantitative estimate of drug-likeness (QED) is 0.447. The summed E-state index contributed by atoms with van der Waals surface area (Å²) in [6.45, 7) is -0.986. The van der Waals surface area contributed by atoms with E-state index in [2.05, 4.69) is 20.1 Å². The van der Waals surface area contributed by atoms with Crippen molar-refractivity contribution in [2.75, 3.05) is 18.8 Å². The topological polar surface area (TPSA) is 115 Å². The van der Waals surface area contributed by atoms with Crippen molar-refractivity contribution in [3.8, 4) is 17.0 Å². The van der Waals surface area contributed by atoms with E-state index in [9.17, 15) is 44.7 Å². The van der Waals surface area contributed by atoms with Gasteiger partial charge in [0.15, 0.2) is 11.5 Å². The summed E-state index contributed by atoms with van der Waals surface area (Å²) >= 11 is 0. The van der Waals surface area contributed by atoms with Crippen LogP contribution in [0.4, 0.5) is 40.9 Å². The van der Waals surface area contributed by atoms with Gasteiger partial charge < -0.3 is 20.7 Å². The molecule has 1 aliphatic heterocycles. The van der Waals surface area contributed by atoms with E-state index in [1.165, 1.54) is 0 Å². The van der Waals surface area contributed by atoms with E-state index in [0.717, 1.165) is 27.9 Å². The number of alkyl halides is 8. The van der Waals surface area contributed by atoms with Gasteiger partial charge in [0.05, 0.1) is 29.4 Å². The number of anilines is 1. The normalized spacial score (nSPS) is 20.6. The first-order chi connectivity index (χ1) is 18.6. The lowest BCUT2D eigenvalue weighted by Gasteiger charge is -2.19. The molecule has 40 heavy (non-hydrogen) atoms. The zero-order valence-electron chi connectivity index (χ0n) is 20.0. The smallest absolute Gasteiger partial charge is 0.405 e. The number of aromatic nitrogens is 3. The highest BCUT2D eigenvalue weighted by Crippen LogP contribution is 2.42. The lowest BCUT2D eigenvalue weighted by atomic mass is 10.1. The Labute approximate surface area is 218 Å². The van der Waals surface area contributed by atoms with Gasteiger partial charge in [-0.2, -0.15) is 18.3 Å². The van der Waals surface area contributed by atoms with Crippen LogP contribution in [0.1, 0.15) is 28.8 Å². The maximum Gasteiger partial charge on any atom is 0.573 e. The molecule has 3 N–H and O–H groups in total. The summed E-state index contributed by atoms with van der Waals surface area (Å²) in [7, 11) is 0. The van der Waals surface area contributed by atoms with Gasteiger partial charge >= 0.3 is 12.5 Å². The van der Waals surface area contributed by atoms with Gasteiger partial charge in [0.25, 0.3) is 11.8 Å². The molecule has 3 aromatic rings. The Morgan fingerprint density at radius 1 is 1.10 bits per heavy atom. The fourth-order valence-electron chi connectivity index (χ4n) is 4.49. The van der Waals surface area contributed by atoms with Gasteiger partial charge in [-0.1, -0.05) is 0 Å². The van der Waals surface area contributed by atoms with Crippen molar-refractivity contribution in [3.63, 3.8) is 0 Å². The summed E-state index contributed by atoms with van der Waals surface area (Å²) in [5.74, 6) is -3.78. The SMILES string of the molecule is Nc1ncnn2c(-c3ccc(OC(F)(F)F)c(C(=O)N[C@@H]4CN(C(=O)C5(F)CC5)C[C@@H]4F)c3)cc(C(F)(F)F)c12. The first-order valence-electron chi connectivity index (χ1n) is 11.6. The third-order valence-corrected chi connectivity index (χ3v) is 6.56. The third-order valence-electron chi connectivity index (χ3n) is 6.56. The molecule has 2 amide bonds. The van der Waals surface area contributed by atoms with Crippen LogP contribution in [-0.4, -0.2) is 68.6 Å². The van der Waals surface area contributed by atoms with E-state index in [0.29, 0.717) is 12.1 Å². The van der Waals surface area contributed by atoms with Crippen molar-refractivity contribution in [1.29, 1.82) is 0 Å². The molecule has 0 bridgehead atoms. The molecule has 2 aliphatic rings. The van der Waals surface area contributed by atoms with Crippen LogP contribution in [0.25, 0.3) is 16.8 Å². The minimum Gasteiger partial charge on any atom is -0.405 e. The lowest BCUT2D eigenvalue weighted by Crippen LogP contribution is -2.43. The van der Waals surface area contributed by atoms with Crippen LogP contribution in [0.3, 0.4) is 0 Å². The van der Waals surface area contributed by atoms with Crippen molar-refractivity contribution in [3.05, 3.63) is 41.7 Å². The number of ether oxygens (including phenoxy) is 1. The Morgan fingerprint density at radius 2 is 1.80 bits per heavy atom. The number of amides is 2. The Morgan fingerprint density at radius 3 is 2.42 bits per heavy atom. The number of halogens is 8. The molecule has 214 valence electrons. The van der Waals surface area contributed by atoms with E-state index in [1.54, 1.807) is 0 Å². The third kappa shape index (κ3) is 5.06. The monoisotopic (exact) mass is 578 g/mol. The first kappa shape index (κ1) is 27.4. The summed E-state index contributed by atoms with van der Waals surface area (Å²) in [5.41, 5.74) is 0.359. The molecule has 2 aromatic heterocycles. The van der Waals surface area contributed by atoms with Gasteiger partial charge in [-0.3, -0.25) is 9.59 Å². The average molecular weight is 578 g/mol. The second kappa shape index (κ2) is 9.19. The molecule has 3 heterocycles. The molecule has 9 nitrogen and oxygen atoms in total. The van der Waals surface area contributed by atoms with Crippen LogP contribution < -0.4 is 15.8 Å². The second-order valence-electron chi connectivity index (χ2n) is 9.38. The van der Waals surface area contributed by atoms with Gasteiger partial charge in [0.1, 0.15) is 23.8 Å². The first-order valence-corrected chi connectivity index (χ1v) is 11.6. The number of nitrogen functional groups attached to an aromatic ring is 1. The molecule has 2 fully saturated rings. The van der Waals surface area contributed by atoms with Crippen LogP contribution >= 0.6 is 0 Å². The maximum absolute atomic E-state index is 14.6. The molecule has 0 spiro atoms. The van der Waals surface area contributed by atoms with E-state index in [1.807, 2.05) is 0 Å². The fraction of sp³-hybridized carbons (Fsp3) is 0.391. The molecular formula is C23H18F8N6O3. The van der Waals surface area contributed by atoms with Crippen LogP contribution in [0, 0.1) is 0 Å². The molecule has 2 atom stereocenters. The number of carbonyl (C=O) groups excluding carboxylic acids is 2. The summed E-state index contributed by atoms with van der Waals surface area (Å²) in [5, 5.41) is 5.92. The molecule has 5 rings (SSSR count).